The van der Waals surface area contributed by atoms with Gasteiger partial charge >= 0.3 is 6.03 Å². The first-order chi connectivity index (χ1) is 8.65. The zero-order valence-electron chi connectivity index (χ0n) is 10.6. The number of ether oxygens (including phenoxy) is 2. The fourth-order valence-corrected chi connectivity index (χ4v) is 2.52. The molecule has 0 bridgehead atoms. The molecule has 2 heterocycles. The Balaban J connectivity index is 1.92. The summed E-state index contributed by atoms with van der Waals surface area (Å²) in [6.07, 6.45) is 1.18. The SMILES string of the molecule is C[C@H]1CN(C(=O)NCCC#N)C[C@@]2(CCOC2)O1. The van der Waals surface area contributed by atoms with Gasteiger partial charge in [0.2, 0.25) is 0 Å². The third kappa shape index (κ3) is 2.92. The van der Waals surface area contributed by atoms with Crippen LogP contribution in [0, 0.1) is 11.3 Å². The first kappa shape index (κ1) is 13.1. The van der Waals surface area contributed by atoms with E-state index in [1.807, 2.05) is 13.0 Å². The molecule has 2 fully saturated rings. The number of nitrogens with one attached hydrogen (secondary N) is 1. The van der Waals surface area contributed by atoms with E-state index < -0.39 is 0 Å². The molecule has 0 aromatic rings. The Hall–Kier alpha value is -1.32. The van der Waals surface area contributed by atoms with Crippen LogP contribution in [-0.4, -0.2) is 55.5 Å². The predicted molar refractivity (Wildman–Crippen MR) is 63.9 cm³/mol. The molecule has 0 saturated carbocycles. The van der Waals surface area contributed by atoms with Gasteiger partial charge in [0, 0.05) is 26.1 Å². The molecular formula is C12H19N3O3. The number of hydrogen-bond donors (Lipinski definition) is 1. The van der Waals surface area contributed by atoms with Crippen molar-refractivity contribution in [2.24, 2.45) is 0 Å². The van der Waals surface area contributed by atoms with Gasteiger partial charge in [-0.05, 0) is 6.92 Å². The smallest absolute Gasteiger partial charge is 0.317 e. The molecule has 6 heteroatoms. The zero-order valence-corrected chi connectivity index (χ0v) is 10.6. The van der Waals surface area contributed by atoms with Crippen LogP contribution in [-0.2, 0) is 9.47 Å². The molecule has 0 aromatic heterocycles. The minimum atomic E-state index is -0.329. The fraction of sp³-hybridized carbons (Fsp3) is 0.833. The van der Waals surface area contributed by atoms with Crippen LogP contribution in [0.25, 0.3) is 0 Å². The van der Waals surface area contributed by atoms with Gasteiger partial charge < -0.3 is 19.7 Å². The molecule has 2 atom stereocenters. The number of morpholine rings is 1. The number of nitriles is 1. The second-order valence-corrected chi connectivity index (χ2v) is 4.93. The van der Waals surface area contributed by atoms with Crippen LogP contribution in [0.3, 0.4) is 0 Å². The zero-order chi connectivity index (χ0) is 13.0. The molecule has 0 aromatic carbocycles. The second kappa shape index (κ2) is 5.55. The van der Waals surface area contributed by atoms with Crippen molar-refractivity contribution in [2.45, 2.75) is 31.5 Å². The highest BCUT2D eigenvalue weighted by Gasteiger charge is 2.43. The molecule has 18 heavy (non-hydrogen) atoms. The van der Waals surface area contributed by atoms with Gasteiger partial charge in [0.15, 0.2) is 0 Å². The Bertz CT molecular complexity index is 347. The van der Waals surface area contributed by atoms with Crippen LogP contribution in [0.2, 0.25) is 0 Å². The maximum Gasteiger partial charge on any atom is 0.317 e. The Kier molecular flexibility index (Phi) is 4.04. The third-order valence-electron chi connectivity index (χ3n) is 3.28. The van der Waals surface area contributed by atoms with E-state index in [4.69, 9.17) is 14.7 Å². The van der Waals surface area contributed by atoms with E-state index >= 15 is 0 Å². The summed E-state index contributed by atoms with van der Waals surface area (Å²) in [4.78, 5) is 13.7. The molecule has 2 amide bonds. The number of hydrogen-bond acceptors (Lipinski definition) is 4. The Morgan fingerprint density at radius 2 is 2.50 bits per heavy atom. The fourth-order valence-electron chi connectivity index (χ4n) is 2.52. The summed E-state index contributed by atoms with van der Waals surface area (Å²) < 4.78 is 11.3. The van der Waals surface area contributed by atoms with Crippen molar-refractivity contribution in [1.82, 2.24) is 10.2 Å². The van der Waals surface area contributed by atoms with Crippen LogP contribution in [0.4, 0.5) is 4.79 Å². The standard InChI is InChI=1S/C12H19N3O3/c1-10-7-15(11(16)14-5-2-4-13)8-12(18-10)3-6-17-9-12/h10H,2-3,5-9H2,1H3,(H,14,16)/t10-,12+/m0/s1. The maximum absolute atomic E-state index is 12.0. The summed E-state index contributed by atoms with van der Waals surface area (Å²) >= 11 is 0. The van der Waals surface area contributed by atoms with Gasteiger partial charge in [0.1, 0.15) is 5.60 Å². The highest BCUT2D eigenvalue weighted by molar-refractivity contribution is 5.74. The summed E-state index contributed by atoms with van der Waals surface area (Å²) in [6.45, 7) is 4.76. The molecule has 2 aliphatic rings. The first-order valence-corrected chi connectivity index (χ1v) is 6.30. The normalized spacial score (nSPS) is 31.3. The van der Waals surface area contributed by atoms with E-state index in [-0.39, 0.29) is 17.7 Å². The first-order valence-electron chi connectivity index (χ1n) is 6.30. The van der Waals surface area contributed by atoms with Crippen LogP contribution in [0.5, 0.6) is 0 Å². The van der Waals surface area contributed by atoms with Gasteiger partial charge in [-0.25, -0.2) is 4.79 Å². The van der Waals surface area contributed by atoms with Crippen LogP contribution in [0.15, 0.2) is 0 Å². The van der Waals surface area contributed by atoms with E-state index in [2.05, 4.69) is 5.32 Å². The van der Waals surface area contributed by atoms with E-state index in [9.17, 15) is 4.79 Å². The molecule has 2 rings (SSSR count). The Morgan fingerprint density at radius 1 is 1.67 bits per heavy atom. The molecule has 1 N–H and O–H groups in total. The van der Waals surface area contributed by atoms with E-state index in [0.29, 0.717) is 39.3 Å². The molecule has 0 unspecified atom stereocenters. The highest BCUT2D eigenvalue weighted by atomic mass is 16.6. The molecule has 2 aliphatic heterocycles. The van der Waals surface area contributed by atoms with Crippen molar-refractivity contribution in [3.8, 4) is 6.07 Å². The largest absolute Gasteiger partial charge is 0.378 e. The number of amides is 2. The molecule has 100 valence electrons. The minimum absolute atomic E-state index is 0.0159. The average Bonchev–Trinajstić information content (AvgIpc) is 2.76. The third-order valence-corrected chi connectivity index (χ3v) is 3.28. The average molecular weight is 253 g/mol. The van der Waals surface area contributed by atoms with E-state index in [1.54, 1.807) is 4.90 Å². The summed E-state index contributed by atoms with van der Waals surface area (Å²) in [5.41, 5.74) is -0.329. The number of nitrogens with zero attached hydrogens (tertiary/aromatic N) is 2. The monoisotopic (exact) mass is 253 g/mol. The second-order valence-electron chi connectivity index (χ2n) is 4.93. The molecular weight excluding hydrogens is 234 g/mol. The van der Waals surface area contributed by atoms with Gasteiger partial charge in [-0.3, -0.25) is 0 Å². The van der Waals surface area contributed by atoms with Crippen molar-refractivity contribution < 1.29 is 14.3 Å². The van der Waals surface area contributed by atoms with Gasteiger partial charge in [-0.2, -0.15) is 5.26 Å². The predicted octanol–water partition coefficient (Wildman–Crippen LogP) is 0.489. The van der Waals surface area contributed by atoms with Crippen LogP contribution < -0.4 is 5.32 Å². The Labute approximate surface area is 107 Å². The molecule has 2 saturated heterocycles. The van der Waals surface area contributed by atoms with Crippen LogP contribution >= 0.6 is 0 Å². The summed E-state index contributed by atoms with van der Waals surface area (Å²) in [5.74, 6) is 0. The lowest BCUT2D eigenvalue weighted by Crippen LogP contribution is -2.58. The van der Waals surface area contributed by atoms with Gasteiger partial charge in [0.05, 0.1) is 31.7 Å². The minimum Gasteiger partial charge on any atom is -0.378 e. The molecule has 1 spiro atoms. The van der Waals surface area contributed by atoms with Crippen molar-refractivity contribution in [1.29, 1.82) is 5.26 Å². The molecule has 0 aliphatic carbocycles. The number of urea groups is 1. The highest BCUT2D eigenvalue weighted by Crippen LogP contribution is 2.29. The Morgan fingerprint density at radius 3 is 3.17 bits per heavy atom. The van der Waals surface area contributed by atoms with E-state index in [0.717, 1.165) is 6.42 Å². The van der Waals surface area contributed by atoms with E-state index in [1.165, 1.54) is 0 Å². The number of carbonyl (C=O) groups excluding carboxylic acids is 1. The summed E-state index contributed by atoms with van der Waals surface area (Å²) in [6, 6.07) is 1.89. The topological polar surface area (TPSA) is 74.6 Å². The van der Waals surface area contributed by atoms with Crippen molar-refractivity contribution >= 4 is 6.03 Å². The lowest BCUT2D eigenvalue weighted by Gasteiger charge is -2.42. The van der Waals surface area contributed by atoms with Crippen molar-refractivity contribution in [3.63, 3.8) is 0 Å². The summed E-state index contributed by atoms with van der Waals surface area (Å²) in [7, 11) is 0. The van der Waals surface area contributed by atoms with Gasteiger partial charge in [-0.1, -0.05) is 0 Å². The quantitative estimate of drug-likeness (QED) is 0.727. The van der Waals surface area contributed by atoms with Crippen molar-refractivity contribution in [3.05, 3.63) is 0 Å². The molecule has 6 nitrogen and oxygen atoms in total. The molecule has 0 radical (unpaired) electrons. The lowest BCUT2D eigenvalue weighted by atomic mass is 9.99. The van der Waals surface area contributed by atoms with Crippen molar-refractivity contribution in [2.75, 3.05) is 32.8 Å². The van der Waals surface area contributed by atoms with Crippen LogP contribution in [0.1, 0.15) is 19.8 Å². The number of carbonyl (C=O) groups is 1. The van der Waals surface area contributed by atoms with Gasteiger partial charge in [0.25, 0.3) is 0 Å². The number of rotatable bonds is 2. The van der Waals surface area contributed by atoms with Gasteiger partial charge in [-0.15, -0.1) is 0 Å². The maximum atomic E-state index is 12.0. The lowest BCUT2D eigenvalue weighted by molar-refractivity contribution is -0.136. The summed E-state index contributed by atoms with van der Waals surface area (Å²) in [5, 5.41) is 11.2.